The predicted molar refractivity (Wildman–Crippen MR) is 124 cm³/mol. The minimum Gasteiger partial charge on any atom is -0.378 e. The normalized spacial score (nSPS) is 21.7. The molecule has 2 aromatic rings. The maximum absolute atomic E-state index is 12.6. The van der Waals surface area contributed by atoms with E-state index in [4.69, 9.17) is 20.4 Å². The van der Waals surface area contributed by atoms with Crippen LogP contribution < -0.4 is 15.5 Å². The number of anilines is 3. The number of rotatable bonds is 5. The van der Waals surface area contributed by atoms with Crippen molar-refractivity contribution in [2.24, 2.45) is 0 Å². The number of fused-ring (bicyclic) bond motifs is 1. The second-order valence-electron chi connectivity index (χ2n) is 8.64. The molecule has 0 bridgehead atoms. The van der Waals surface area contributed by atoms with Crippen molar-refractivity contribution in [2.75, 3.05) is 75.6 Å². The molecule has 5 rings (SSSR count). The van der Waals surface area contributed by atoms with Gasteiger partial charge in [-0.3, -0.25) is 0 Å². The summed E-state index contributed by atoms with van der Waals surface area (Å²) in [5.41, 5.74) is 8.33. The average Bonchev–Trinajstić information content (AvgIpc) is 3.47. The molecule has 2 aromatic heterocycles. The monoisotopic (exact) mass is 475 g/mol. The molecule has 2 saturated heterocycles. The lowest BCUT2D eigenvalue weighted by molar-refractivity contribution is 0.122. The Hall–Kier alpha value is -2.61. The number of ether oxygens (including phenoxy) is 1. The van der Waals surface area contributed by atoms with E-state index in [1.807, 2.05) is 0 Å². The molecule has 0 amide bonds. The van der Waals surface area contributed by atoms with Crippen molar-refractivity contribution in [1.82, 2.24) is 28.5 Å². The fourth-order valence-electron chi connectivity index (χ4n) is 4.63. The van der Waals surface area contributed by atoms with Gasteiger partial charge < -0.3 is 20.3 Å². The lowest BCUT2D eigenvalue weighted by Crippen LogP contribution is -2.42. The number of hydrogen-bond acceptors (Lipinski definition) is 10. The van der Waals surface area contributed by atoms with Gasteiger partial charge in [0.25, 0.3) is 10.2 Å². The third-order valence-corrected chi connectivity index (χ3v) is 8.35. The summed E-state index contributed by atoms with van der Waals surface area (Å²) in [4.78, 5) is 22.6. The Morgan fingerprint density at radius 2 is 1.82 bits per heavy atom. The molecule has 0 aliphatic carbocycles. The summed E-state index contributed by atoms with van der Waals surface area (Å²) in [5.74, 6) is 1.73. The maximum atomic E-state index is 12.6. The number of morpholine rings is 1. The maximum Gasteiger partial charge on any atom is 0.281 e. The fraction of sp³-hybridized carbons (Fsp3) is 0.600. The van der Waals surface area contributed by atoms with Crippen LogP contribution in [0.25, 0.3) is 11.3 Å². The Labute approximate surface area is 193 Å². The highest BCUT2D eigenvalue weighted by Crippen LogP contribution is 2.38. The van der Waals surface area contributed by atoms with E-state index in [1.165, 1.54) is 4.31 Å². The lowest BCUT2D eigenvalue weighted by Gasteiger charge is -2.30. The van der Waals surface area contributed by atoms with Crippen molar-refractivity contribution in [2.45, 2.75) is 18.9 Å². The van der Waals surface area contributed by atoms with Gasteiger partial charge >= 0.3 is 0 Å². The van der Waals surface area contributed by atoms with Gasteiger partial charge in [-0.15, -0.1) is 0 Å². The van der Waals surface area contributed by atoms with Crippen LogP contribution in [0.5, 0.6) is 0 Å². The molecule has 13 heteroatoms. The molecule has 33 heavy (non-hydrogen) atoms. The van der Waals surface area contributed by atoms with Gasteiger partial charge in [0.15, 0.2) is 0 Å². The molecule has 0 aromatic carbocycles. The first-order valence-electron chi connectivity index (χ1n) is 11.1. The van der Waals surface area contributed by atoms with Crippen LogP contribution in [0.3, 0.4) is 0 Å². The zero-order valence-corrected chi connectivity index (χ0v) is 19.7. The van der Waals surface area contributed by atoms with Crippen LogP contribution in [-0.2, 0) is 21.4 Å². The van der Waals surface area contributed by atoms with Gasteiger partial charge in [-0.1, -0.05) is 0 Å². The van der Waals surface area contributed by atoms with Crippen molar-refractivity contribution >= 4 is 27.9 Å². The molecule has 0 saturated carbocycles. The summed E-state index contributed by atoms with van der Waals surface area (Å²) in [6.45, 7) is 4.40. The molecule has 3 aliphatic rings. The number of nitrogens with zero attached hydrogens (tertiary/aromatic N) is 8. The topological polar surface area (TPSA) is 134 Å². The highest BCUT2D eigenvalue weighted by Gasteiger charge is 2.39. The van der Waals surface area contributed by atoms with Crippen LogP contribution in [0.15, 0.2) is 12.4 Å². The van der Waals surface area contributed by atoms with Gasteiger partial charge in [-0.05, 0) is 12.8 Å². The van der Waals surface area contributed by atoms with E-state index in [2.05, 4.69) is 19.8 Å². The van der Waals surface area contributed by atoms with Gasteiger partial charge in [-0.2, -0.15) is 22.0 Å². The van der Waals surface area contributed by atoms with Gasteiger partial charge in [0.05, 0.1) is 18.9 Å². The van der Waals surface area contributed by atoms with Crippen molar-refractivity contribution in [3.63, 3.8) is 0 Å². The molecule has 2 fully saturated rings. The smallest absolute Gasteiger partial charge is 0.281 e. The minimum atomic E-state index is -3.44. The molecule has 0 radical (unpaired) electrons. The van der Waals surface area contributed by atoms with Crippen LogP contribution in [0.2, 0.25) is 0 Å². The van der Waals surface area contributed by atoms with Gasteiger partial charge in [-0.25, -0.2) is 15.0 Å². The van der Waals surface area contributed by atoms with Crippen LogP contribution in [0, 0.1) is 0 Å². The van der Waals surface area contributed by atoms with Crippen LogP contribution in [0.1, 0.15) is 12.0 Å². The number of hydrogen-bond donors (Lipinski definition) is 1. The SMILES string of the molecule is CN(C)S(=O)(=O)N1CCC(N2CCc3c(-c4cnc(N)nc4)nc(N4CCOCC4)nc32)C1. The third-order valence-electron chi connectivity index (χ3n) is 6.44. The average molecular weight is 476 g/mol. The molecule has 3 aliphatic heterocycles. The number of nitrogens with two attached hydrogens (primary N) is 1. The summed E-state index contributed by atoms with van der Waals surface area (Å²) in [6.07, 6.45) is 4.91. The Kier molecular flexibility index (Phi) is 5.80. The number of aromatic nitrogens is 4. The third kappa shape index (κ3) is 4.09. The molecule has 2 N–H and O–H groups in total. The van der Waals surface area contributed by atoms with E-state index in [-0.39, 0.29) is 12.0 Å². The molecule has 12 nitrogen and oxygen atoms in total. The second-order valence-corrected chi connectivity index (χ2v) is 10.8. The summed E-state index contributed by atoms with van der Waals surface area (Å²) >= 11 is 0. The van der Waals surface area contributed by atoms with Crippen LogP contribution in [-0.4, -0.2) is 103 Å². The van der Waals surface area contributed by atoms with E-state index >= 15 is 0 Å². The minimum absolute atomic E-state index is 0.0592. The molecule has 178 valence electrons. The molecular formula is C20H29N9O3S. The Bertz CT molecular complexity index is 1120. The van der Waals surface area contributed by atoms with E-state index in [0.29, 0.717) is 32.3 Å². The van der Waals surface area contributed by atoms with Crippen LogP contribution in [0.4, 0.5) is 17.7 Å². The van der Waals surface area contributed by atoms with E-state index < -0.39 is 10.2 Å². The first-order chi connectivity index (χ1) is 15.8. The van der Waals surface area contributed by atoms with E-state index in [9.17, 15) is 8.42 Å². The molecule has 1 unspecified atom stereocenters. The van der Waals surface area contributed by atoms with Gasteiger partial charge in [0, 0.05) is 76.4 Å². The zero-order chi connectivity index (χ0) is 23.2. The van der Waals surface area contributed by atoms with Gasteiger partial charge in [0.1, 0.15) is 5.82 Å². The van der Waals surface area contributed by atoms with Crippen molar-refractivity contribution in [3.05, 3.63) is 18.0 Å². The summed E-state index contributed by atoms with van der Waals surface area (Å²) in [6, 6.07) is 0.0592. The first-order valence-corrected chi connectivity index (χ1v) is 12.5. The molecule has 1 atom stereocenters. The Morgan fingerprint density at radius 1 is 1.09 bits per heavy atom. The zero-order valence-electron chi connectivity index (χ0n) is 18.9. The van der Waals surface area contributed by atoms with Crippen LogP contribution >= 0.6 is 0 Å². The van der Waals surface area contributed by atoms with E-state index in [0.717, 1.165) is 55.1 Å². The molecule has 0 spiro atoms. The fourth-order valence-corrected chi connectivity index (χ4v) is 5.79. The standard InChI is InChI=1S/C20H29N9O3S/c1-26(2)33(30,31)28-5-3-15(13-28)29-6-4-16-17(14-11-22-19(21)23-12-14)24-20(25-18(16)29)27-7-9-32-10-8-27/h11-12,15H,3-10,13H2,1-2H3,(H2,21,22,23). The Balaban J connectivity index is 1.51. The largest absolute Gasteiger partial charge is 0.378 e. The summed E-state index contributed by atoms with van der Waals surface area (Å²) < 4.78 is 33.6. The van der Waals surface area contributed by atoms with Crippen molar-refractivity contribution in [1.29, 1.82) is 0 Å². The predicted octanol–water partition coefficient (Wildman–Crippen LogP) is -0.404. The summed E-state index contributed by atoms with van der Waals surface area (Å²) in [5, 5.41) is 0. The first kappa shape index (κ1) is 22.2. The molecule has 5 heterocycles. The number of nitrogen functional groups attached to an aromatic ring is 1. The highest BCUT2D eigenvalue weighted by molar-refractivity contribution is 7.86. The Morgan fingerprint density at radius 3 is 2.52 bits per heavy atom. The van der Waals surface area contributed by atoms with Crippen molar-refractivity contribution < 1.29 is 13.2 Å². The highest BCUT2D eigenvalue weighted by atomic mass is 32.2. The molecular weight excluding hydrogens is 446 g/mol. The second kappa shape index (κ2) is 8.63. The van der Waals surface area contributed by atoms with Crippen molar-refractivity contribution in [3.8, 4) is 11.3 Å². The van der Waals surface area contributed by atoms with E-state index in [1.54, 1.807) is 30.8 Å². The van der Waals surface area contributed by atoms with Gasteiger partial charge in [0.2, 0.25) is 11.9 Å². The quantitative estimate of drug-likeness (QED) is 0.608. The summed E-state index contributed by atoms with van der Waals surface area (Å²) in [7, 11) is -0.308. The lowest BCUT2D eigenvalue weighted by atomic mass is 10.1.